The molecule has 0 atom stereocenters. The molecule has 0 heterocycles. The number of nitriles is 2. The summed E-state index contributed by atoms with van der Waals surface area (Å²) in [4.78, 5) is 0. The van der Waals surface area contributed by atoms with Gasteiger partial charge in [-0.3, -0.25) is 5.43 Å². The number of hydrogen-bond donors (Lipinski definition) is 2. The second kappa shape index (κ2) is 7.88. The zero-order valence-electron chi connectivity index (χ0n) is 13.4. The molecular weight excluding hydrogens is 393 g/mol. The third-order valence-electron chi connectivity index (χ3n) is 3.38. The molecule has 144 valence electrons. The predicted octanol–water partition coefficient (Wildman–Crippen LogP) is 4.64. The highest BCUT2D eigenvalue weighted by Crippen LogP contribution is 2.30. The monoisotopic (exact) mass is 400 g/mol. The van der Waals surface area contributed by atoms with E-state index in [1.165, 1.54) is 12.1 Å². The van der Waals surface area contributed by atoms with Gasteiger partial charge in [-0.2, -0.15) is 23.7 Å². The molecule has 0 saturated heterocycles. The van der Waals surface area contributed by atoms with Gasteiger partial charge in [0.2, 0.25) is 0 Å². The normalized spacial score (nSPS) is 10.6. The van der Waals surface area contributed by atoms with Gasteiger partial charge in [-0.05, 0) is 24.3 Å². The van der Waals surface area contributed by atoms with Crippen LogP contribution in [0.5, 0.6) is 0 Å². The Labute approximate surface area is 153 Å². The van der Waals surface area contributed by atoms with Gasteiger partial charge in [0, 0.05) is 6.07 Å². The van der Waals surface area contributed by atoms with Crippen molar-refractivity contribution in [1.82, 2.24) is 5.43 Å². The van der Waals surface area contributed by atoms with Crippen LogP contribution in [0.15, 0.2) is 35.9 Å². The van der Waals surface area contributed by atoms with Crippen LogP contribution < -0.4 is 10.9 Å². The summed E-state index contributed by atoms with van der Waals surface area (Å²) in [7, 11) is 0. The van der Waals surface area contributed by atoms with Gasteiger partial charge in [-0.1, -0.05) is 0 Å². The summed E-state index contributed by atoms with van der Waals surface area (Å²) < 4.78 is 92.5. The number of rotatable bonds is 4. The van der Waals surface area contributed by atoms with Gasteiger partial charge in [0.05, 0.1) is 22.5 Å². The second-order valence-corrected chi connectivity index (χ2v) is 5.14. The standard InChI is InChI=1S/C17H7F7N4/c18-11-5-12(19)15(21)13(14(11)20)16(8(6-25)7-26)28-27-10-3-1-9(2-4-10)17(22,23)24/h1-5,27-28H. The first kappa shape index (κ1) is 20.6. The van der Waals surface area contributed by atoms with Crippen molar-refractivity contribution >= 4 is 11.4 Å². The van der Waals surface area contributed by atoms with E-state index < -0.39 is 51.8 Å². The zero-order chi connectivity index (χ0) is 21.1. The molecule has 0 spiro atoms. The van der Waals surface area contributed by atoms with Gasteiger partial charge in [-0.15, -0.1) is 0 Å². The van der Waals surface area contributed by atoms with Crippen LogP contribution in [0.25, 0.3) is 5.70 Å². The lowest BCUT2D eigenvalue weighted by molar-refractivity contribution is -0.137. The van der Waals surface area contributed by atoms with Gasteiger partial charge in [0.15, 0.2) is 28.8 Å². The first-order valence-corrected chi connectivity index (χ1v) is 7.17. The Bertz CT molecular complexity index is 970. The van der Waals surface area contributed by atoms with Crippen molar-refractivity contribution in [3.8, 4) is 12.1 Å². The van der Waals surface area contributed by atoms with E-state index in [9.17, 15) is 30.7 Å². The summed E-state index contributed by atoms with van der Waals surface area (Å²) in [5.74, 6) is -7.31. The van der Waals surface area contributed by atoms with Gasteiger partial charge in [-0.25, -0.2) is 17.6 Å². The van der Waals surface area contributed by atoms with E-state index in [4.69, 9.17) is 10.5 Å². The molecule has 0 unspecified atom stereocenters. The first-order valence-electron chi connectivity index (χ1n) is 7.17. The molecule has 0 amide bonds. The van der Waals surface area contributed by atoms with E-state index in [0.29, 0.717) is 12.1 Å². The fourth-order valence-electron chi connectivity index (χ4n) is 2.06. The minimum Gasteiger partial charge on any atom is -0.301 e. The van der Waals surface area contributed by atoms with Crippen LogP contribution in [-0.4, -0.2) is 0 Å². The van der Waals surface area contributed by atoms with Crippen molar-refractivity contribution in [2.75, 3.05) is 5.43 Å². The molecule has 4 nitrogen and oxygen atoms in total. The Balaban J connectivity index is 2.45. The lowest BCUT2D eigenvalue weighted by Gasteiger charge is -2.16. The highest BCUT2D eigenvalue weighted by Gasteiger charge is 2.30. The minimum atomic E-state index is -4.60. The number of benzene rings is 2. The number of hydrazine groups is 1. The number of nitrogens with one attached hydrogen (secondary N) is 2. The summed E-state index contributed by atoms with van der Waals surface area (Å²) in [6.45, 7) is 0. The SMILES string of the molecule is N#CC(C#N)=C(NNc1ccc(C(F)(F)F)cc1)c1c(F)c(F)cc(F)c1F. The Morgan fingerprint density at radius 3 is 1.79 bits per heavy atom. The van der Waals surface area contributed by atoms with Crippen LogP contribution in [0.1, 0.15) is 11.1 Å². The molecule has 2 aromatic rings. The number of halogens is 7. The number of hydrogen-bond acceptors (Lipinski definition) is 4. The van der Waals surface area contributed by atoms with Crippen LogP contribution >= 0.6 is 0 Å². The molecular formula is C17H7F7N4. The van der Waals surface area contributed by atoms with Gasteiger partial charge < -0.3 is 5.43 Å². The summed E-state index contributed by atoms with van der Waals surface area (Å²) in [5.41, 5.74) is -0.0566. The number of allylic oxidation sites excluding steroid dienone is 1. The second-order valence-electron chi connectivity index (χ2n) is 5.14. The van der Waals surface area contributed by atoms with Crippen molar-refractivity contribution in [2.45, 2.75) is 6.18 Å². The Kier molecular flexibility index (Phi) is 5.79. The Hall–Kier alpha value is -3.73. The smallest absolute Gasteiger partial charge is 0.301 e. The largest absolute Gasteiger partial charge is 0.416 e. The summed E-state index contributed by atoms with van der Waals surface area (Å²) in [5, 5.41) is 17.9. The molecule has 0 aliphatic heterocycles. The van der Waals surface area contributed by atoms with Crippen LogP contribution in [0.4, 0.5) is 36.4 Å². The average molecular weight is 400 g/mol. The molecule has 0 bridgehead atoms. The van der Waals surface area contributed by atoms with Crippen molar-refractivity contribution in [1.29, 1.82) is 10.5 Å². The third kappa shape index (κ3) is 4.15. The molecule has 0 aliphatic carbocycles. The van der Waals surface area contributed by atoms with Crippen molar-refractivity contribution in [2.24, 2.45) is 0 Å². The van der Waals surface area contributed by atoms with Crippen molar-refractivity contribution in [3.63, 3.8) is 0 Å². The average Bonchev–Trinajstić information content (AvgIpc) is 2.64. The molecule has 0 radical (unpaired) electrons. The molecule has 0 fully saturated rings. The molecule has 2 aromatic carbocycles. The summed E-state index contributed by atoms with van der Waals surface area (Å²) >= 11 is 0. The van der Waals surface area contributed by atoms with Crippen LogP contribution in [0.2, 0.25) is 0 Å². The maximum Gasteiger partial charge on any atom is 0.416 e. The predicted molar refractivity (Wildman–Crippen MR) is 82.6 cm³/mol. The molecule has 28 heavy (non-hydrogen) atoms. The number of nitrogens with zero attached hydrogens (tertiary/aromatic N) is 2. The van der Waals surface area contributed by atoms with Crippen molar-refractivity contribution < 1.29 is 30.7 Å². The van der Waals surface area contributed by atoms with Gasteiger partial charge in [0.1, 0.15) is 12.1 Å². The molecule has 11 heteroatoms. The topological polar surface area (TPSA) is 71.6 Å². The first-order chi connectivity index (χ1) is 13.1. The van der Waals surface area contributed by atoms with E-state index in [2.05, 4.69) is 5.43 Å². The van der Waals surface area contributed by atoms with E-state index in [0.717, 1.165) is 12.1 Å². The molecule has 0 saturated carbocycles. The molecule has 0 aliphatic rings. The van der Waals surface area contributed by atoms with Gasteiger partial charge in [0.25, 0.3) is 0 Å². The maximum atomic E-state index is 14.0. The minimum absolute atomic E-state index is 0.0620. The molecule has 0 aromatic heterocycles. The lowest BCUT2D eigenvalue weighted by atomic mass is 10.1. The summed E-state index contributed by atoms with van der Waals surface area (Å²) in [6.07, 6.45) is -4.60. The number of anilines is 1. The highest BCUT2D eigenvalue weighted by molar-refractivity contribution is 5.75. The van der Waals surface area contributed by atoms with Crippen molar-refractivity contribution in [3.05, 3.63) is 70.3 Å². The van der Waals surface area contributed by atoms with Crippen LogP contribution in [0.3, 0.4) is 0 Å². The van der Waals surface area contributed by atoms with Crippen LogP contribution in [-0.2, 0) is 6.18 Å². The third-order valence-corrected chi connectivity index (χ3v) is 3.38. The lowest BCUT2D eigenvalue weighted by Crippen LogP contribution is -2.23. The molecule has 2 rings (SSSR count). The van der Waals surface area contributed by atoms with Crippen LogP contribution in [0, 0.1) is 45.9 Å². The highest BCUT2D eigenvalue weighted by atomic mass is 19.4. The quantitative estimate of drug-likeness (QED) is 0.340. The zero-order valence-corrected chi connectivity index (χ0v) is 13.4. The Morgan fingerprint density at radius 1 is 0.857 bits per heavy atom. The number of alkyl halides is 3. The van der Waals surface area contributed by atoms with E-state index >= 15 is 0 Å². The van der Waals surface area contributed by atoms with E-state index in [1.807, 2.05) is 5.43 Å². The summed E-state index contributed by atoms with van der Waals surface area (Å²) in [6, 6.07) is 5.78. The fourth-order valence-corrected chi connectivity index (χ4v) is 2.06. The Morgan fingerprint density at radius 2 is 1.36 bits per heavy atom. The fraction of sp³-hybridized carbons (Fsp3) is 0.0588. The van der Waals surface area contributed by atoms with E-state index in [1.54, 1.807) is 0 Å². The van der Waals surface area contributed by atoms with E-state index in [-0.39, 0.29) is 11.8 Å². The maximum absolute atomic E-state index is 14.0. The molecule has 2 N–H and O–H groups in total. The van der Waals surface area contributed by atoms with Gasteiger partial charge >= 0.3 is 6.18 Å².